The first-order chi connectivity index (χ1) is 15.9. The molecule has 4 rings (SSSR count). The number of carbonyl (C=O) groups excluding carboxylic acids is 3. The lowest BCUT2D eigenvalue weighted by Crippen LogP contribution is -2.59. The van der Waals surface area contributed by atoms with Gasteiger partial charge in [0.05, 0.1) is 6.10 Å². The van der Waals surface area contributed by atoms with Crippen molar-refractivity contribution in [3.63, 3.8) is 0 Å². The van der Waals surface area contributed by atoms with Gasteiger partial charge in [-0.05, 0) is 42.9 Å². The molecule has 188 valence electrons. The molecule has 1 heterocycles. The molecule has 1 saturated heterocycles. The Labute approximate surface area is 199 Å². The number of fused-ring (bicyclic) bond motifs is 1. The molecule has 34 heavy (non-hydrogen) atoms. The normalized spacial score (nSPS) is 36.8. The van der Waals surface area contributed by atoms with Gasteiger partial charge in [-0.2, -0.15) is 0 Å². The molecule has 0 radical (unpaired) electrons. The van der Waals surface area contributed by atoms with Crippen LogP contribution in [0, 0.1) is 23.2 Å². The number of alkyl carbamates (subject to hydrolysis) is 1. The number of aliphatic hydroxyl groups is 1. The van der Waals surface area contributed by atoms with Crippen molar-refractivity contribution in [2.45, 2.75) is 82.7 Å². The maximum atomic E-state index is 13.6. The third kappa shape index (κ3) is 4.64. The molecule has 4 aliphatic rings. The van der Waals surface area contributed by atoms with E-state index in [1.165, 1.54) is 17.4 Å². The second-order valence-corrected chi connectivity index (χ2v) is 11.4. The number of likely N-dealkylation sites (tertiary alicyclic amines) is 1. The molecule has 0 bridgehead atoms. The maximum absolute atomic E-state index is 13.6. The summed E-state index contributed by atoms with van der Waals surface area (Å²) in [5, 5.41) is 25.1. The van der Waals surface area contributed by atoms with Gasteiger partial charge in [-0.15, -0.1) is 6.58 Å². The Morgan fingerprint density at radius 2 is 1.79 bits per heavy atom. The highest BCUT2D eigenvalue weighted by Gasteiger charge is 2.61. The van der Waals surface area contributed by atoms with E-state index in [-0.39, 0.29) is 25.5 Å². The number of ether oxygens (including phenoxy) is 1. The lowest BCUT2D eigenvalue weighted by molar-refractivity contribution is -0.146. The predicted octanol–water partition coefficient (Wildman–Crippen LogP) is 1.03. The van der Waals surface area contributed by atoms with Crippen LogP contribution >= 0.6 is 0 Å². The van der Waals surface area contributed by atoms with Crippen molar-refractivity contribution >= 4 is 23.9 Å². The molecule has 8 atom stereocenters. The quantitative estimate of drug-likeness (QED) is 0.401. The molecule has 0 spiro atoms. The SMILES string of the molecule is C=C[C@@H]1C[C@]1(NC(=O)[C@@H]1C[C@@H](O)CN1C(=O)[C@@H](NC(=O)OC1C[C@@H]2C[C@@H]2C1)C(C)(C)C)C(=O)O. The van der Waals surface area contributed by atoms with Gasteiger partial charge >= 0.3 is 12.1 Å². The molecule has 0 aromatic carbocycles. The summed E-state index contributed by atoms with van der Waals surface area (Å²) in [6, 6.07) is -2.04. The number of carboxylic acid groups (broad SMARTS) is 1. The standard InChI is InChI=1S/C24H35N3O7/c1-5-14-10-24(14,21(31)32)26-19(29)17-9-15(28)11-27(17)20(30)18(23(2,3)4)25-22(33)34-16-7-12-6-13(12)8-16/h5,12-18,28H,1,6-11H2,2-4H3,(H,25,33)(H,26,29)(H,31,32)/t12-,13+,14-,15-,16?,17+,18-,24-/m1/s1. The Morgan fingerprint density at radius 1 is 1.15 bits per heavy atom. The predicted molar refractivity (Wildman–Crippen MR) is 120 cm³/mol. The van der Waals surface area contributed by atoms with E-state index in [1.54, 1.807) is 20.8 Å². The first kappa shape index (κ1) is 24.5. The zero-order chi connectivity index (χ0) is 25.0. The highest BCUT2D eigenvalue weighted by atomic mass is 16.6. The van der Waals surface area contributed by atoms with E-state index >= 15 is 0 Å². The second-order valence-electron chi connectivity index (χ2n) is 11.4. The van der Waals surface area contributed by atoms with Crippen LogP contribution < -0.4 is 10.6 Å². The Balaban J connectivity index is 1.44. The van der Waals surface area contributed by atoms with Crippen LogP contribution in [0.25, 0.3) is 0 Å². The van der Waals surface area contributed by atoms with Crippen LogP contribution in [0.3, 0.4) is 0 Å². The third-order valence-corrected chi connectivity index (χ3v) is 7.74. The molecule has 0 aromatic heterocycles. The zero-order valence-corrected chi connectivity index (χ0v) is 20.0. The topological polar surface area (TPSA) is 145 Å². The average Bonchev–Trinajstić information content (AvgIpc) is 3.56. The number of aliphatic carboxylic acids is 1. The van der Waals surface area contributed by atoms with Crippen molar-refractivity contribution in [1.29, 1.82) is 0 Å². The number of hydrogen-bond acceptors (Lipinski definition) is 6. The van der Waals surface area contributed by atoms with Crippen LogP contribution in [0.5, 0.6) is 0 Å². The van der Waals surface area contributed by atoms with E-state index in [0.29, 0.717) is 11.8 Å². The second kappa shape index (κ2) is 8.55. The third-order valence-electron chi connectivity index (χ3n) is 7.74. The summed E-state index contributed by atoms with van der Waals surface area (Å²) in [5.41, 5.74) is -2.14. The van der Waals surface area contributed by atoms with Crippen molar-refractivity contribution in [3.8, 4) is 0 Å². The minimum Gasteiger partial charge on any atom is -0.479 e. The van der Waals surface area contributed by atoms with Crippen LogP contribution in [0.15, 0.2) is 12.7 Å². The summed E-state index contributed by atoms with van der Waals surface area (Å²) >= 11 is 0. The van der Waals surface area contributed by atoms with Gasteiger partial charge in [-0.3, -0.25) is 9.59 Å². The van der Waals surface area contributed by atoms with Gasteiger partial charge in [0.15, 0.2) is 0 Å². The minimum absolute atomic E-state index is 0.0157. The van der Waals surface area contributed by atoms with Gasteiger partial charge < -0.3 is 30.5 Å². The summed E-state index contributed by atoms with van der Waals surface area (Å²) in [5.74, 6) is -1.43. The van der Waals surface area contributed by atoms with Crippen molar-refractivity contribution in [2.24, 2.45) is 23.2 Å². The number of rotatable bonds is 7. The fraction of sp³-hybridized carbons (Fsp3) is 0.750. The van der Waals surface area contributed by atoms with Crippen LogP contribution in [0.4, 0.5) is 4.79 Å². The maximum Gasteiger partial charge on any atom is 0.408 e. The summed E-state index contributed by atoms with van der Waals surface area (Å²) in [4.78, 5) is 52.2. The number of carbonyl (C=O) groups is 4. The molecule has 4 fully saturated rings. The minimum atomic E-state index is -1.44. The van der Waals surface area contributed by atoms with E-state index < -0.39 is 58.9 Å². The van der Waals surface area contributed by atoms with E-state index in [2.05, 4.69) is 17.2 Å². The molecule has 0 aromatic rings. The fourth-order valence-electron chi connectivity index (χ4n) is 5.50. The van der Waals surface area contributed by atoms with Gasteiger partial charge in [0.25, 0.3) is 0 Å². The van der Waals surface area contributed by atoms with Gasteiger partial charge in [-0.25, -0.2) is 9.59 Å². The van der Waals surface area contributed by atoms with Gasteiger partial charge in [0, 0.05) is 18.9 Å². The molecular weight excluding hydrogens is 442 g/mol. The fourth-order valence-corrected chi connectivity index (χ4v) is 5.50. The van der Waals surface area contributed by atoms with Crippen molar-refractivity contribution in [1.82, 2.24) is 15.5 Å². The Bertz CT molecular complexity index is 889. The zero-order valence-electron chi connectivity index (χ0n) is 20.0. The van der Waals surface area contributed by atoms with Gasteiger partial charge in [0.2, 0.25) is 11.8 Å². The van der Waals surface area contributed by atoms with Crippen molar-refractivity contribution in [3.05, 3.63) is 12.7 Å². The van der Waals surface area contributed by atoms with E-state index in [0.717, 1.165) is 12.8 Å². The number of aliphatic hydroxyl groups excluding tert-OH is 1. The highest BCUT2D eigenvalue weighted by molar-refractivity contribution is 5.96. The molecular formula is C24H35N3O7. The van der Waals surface area contributed by atoms with Crippen molar-refractivity contribution in [2.75, 3.05) is 6.54 Å². The van der Waals surface area contributed by atoms with E-state index in [4.69, 9.17) is 4.74 Å². The van der Waals surface area contributed by atoms with Crippen LogP contribution in [0.2, 0.25) is 0 Å². The summed E-state index contributed by atoms with van der Waals surface area (Å²) in [6.07, 6.45) is 2.84. The average molecular weight is 478 g/mol. The molecule has 10 heteroatoms. The Morgan fingerprint density at radius 3 is 2.32 bits per heavy atom. The molecule has 10 nitrogen and oxygen atoms in total. The monoisotopic (exact) mass is 477 g/mol. The lowest BCUT2D eigenvalue weighted by Gasteiger charge is -2.35. The molecule has 3 amide bonds. The number of nitrogens with one attached hydrogen (secondary N) is 2. The smallest absolute Gasteiger partial charge is 0.408 e. The summed E-state index contributed by atoms with van der Waals surface area (Å²) in [6.45, 7) is 8.90. The number of hydrogen-bond donors (Lipinski definition) is 4. The first-order valence-electron chi connectivity index (χ1n) is 12.0. The van der Waals surface area contributed by atoms with Gasteiger partial charge in [0.1, 0.15) is 23.7 Å². The molecule has 1 aliphatic heterocycles. The molecule has 1 unspecified atom stereocenters. The summed E-state index contributed by atoms with van der Waals surface area (Å²) in [7, 11) is 0. The Hall–Kier alpha value is -2.62. The number of nitrogens with zero attached hydrogens (tertiary/aromatic N) is 1. The van der Waals surface area contributed by atoms with Crippen molar-refractivity contribution < 1.29 is 34.1 Å². The highest BCUT2D eigenvalue weighted by Crippen LogP contribution is 2.52. The number of carboxylic acids is 1. The Kier molecular flexibility index (Phi) is 6.16. The molecule has 4 N–H and O–H groups in total. The number of β-amino-alcohol motifs (C(OH)–C–C–N with tert-alkyl or cyclic N) is 1. The molecule has 3 aliphatic carbocycles. The van der Waals surface area contributed by atoms with E-state index in [9.17, 15) is 29.4 Å². The summed E-state index contributed by atoms with van der Waals surface area (Å²) < 4.78 is 5.55. The van der Waals surface area contributed by atoms with E-state index in [1.807, 2.05) is 0 Å². The van der Waals surface area contributed by atoms with Crippen LogP contribution in [-0.4, -0.2) is 75.4 Å². The molecule has 3 saturated carbocycles. The largest absolute Gasteiger partial charge is 0.479 e. The van der Waals surface area contributed by atoms with Crippen LogP contribution in [-0.2, 0) is 19.1 Å². The lowest BCUT2D eigenvalue weighted by atomic mass is 9.85. The van der Waals surface area contributed by atoms with Gasteiger partial charge in [-0.1, -0.05) is 26.8 Å². The number of amides is 3. The van der Waals surface area contributed by atoms with Crippen LogP contribution in [0.1, 0.15) is 52.9 Å². The first-order valence-corrected chi connectivity index (χ1v) is 12.0.